The van der Waals surface area contributed by atoms with Gasteiger partial charge in [-0.2, -0.15) is 0 Å². The molecule has 1 fully saturated rings. The third-order valence-electron chi connectivity index (χ3n) is 6.05. The minimum absolute atomic E-state index is 0.0146. The number of pyridine rings is 1. The number of nitrogens with one attached hydrogen (secondary N) is 1. The van der Waals surface area contributed by atoms with Gasteiger partial charge in [0.2, 0.25) is 5.75 Å². The number of rotatable bonds is 5. The van der Waals surface area contributed by atoms with Crippen molar-refractivity contribution in [1.29, 1.82) is 0 Å². The number of amides is 2. The van der Waals surface area contributed by atoms with Crippen molar-refractivity contribution in [3.05, 3.63) is 70.2 Å². The zero-order valence-electron chi connectivity index (χ0n) is 19.5. The highest BCUT2D eigenvalue weighted by Crippen LogP contribution is 2.31. The SMILES string of the molecule is CN1CCN(c2cc(N(C)C)cn3c(=O)c(O)c(-c4ncc(Cc5ccc(F)cc5)[nH]4)nc23)C1=O. The van der Waals surface area contributed by atoms with Crippen molar-refractivity contribution >= 4 is 23.1 Å². The van der Waals surface area contributed by atoms with Gasteiger partial charge in [0.1, 0.15) is 5.82 Å². The number of halogens is 1. The summed E-state index contributed by atoms with van der Waals surface area (Å²) in [5.74, 6) is -0.663. The third kappa shape index (κ3) is 3.94. The van der Waals surface area contributed by atoms with E-state index in [1.807, 2.05) is 14.1 Å². The minimum Gasteiger partial charge on any atom is -0.501 e. The first-order valence-electron chi connectivity index (χ1n) is 11.0. The topological polar surface area (TPSA) is 110 Å². The van der Waals surface area contributed by atoms with Crippen molar-refractivity contribution in [2.45, 2.75) is 6.42 Å². The van der Waals surface area contributed by atoms with Gasteiger partial charge in [-0.1, -0.05) is 12.1 Å². The molecule has 0 unspecified atom stereocenters. The Morgan fingerprint density at radius 2 is 1.91 bits per heavy atom. The molecule has 0 bridgehead atoms. The maximum atomic E-state index is 13.2. The fraction of sp³-hybridized carbons (Fsp3) is 0.250. The van der Waals surface area contributed by atoms with Crippen molar-refractivity contribution in [3.63, 3.8) is 0 Å². The molecule has 10 nitrogen and oxygen atoms in total. The van der Waals surface area contributed by atoms with Crippen LogP contribution in [0.15, 0.2) is 47.5 Å². The van der Waals surface area contributed by atoms with Gasteiger partial charge in [-0.25, -0.2) is 19.2 Å². The number of carbonyl (C=O) groups is 1. The fourth-order valence-corrected chi connectivity index (χ4v) is 4.07. The van der Waals surface area contributed by atoms with Crippen LogP contribution in [0.3, 0.4) is 0 Å². The highest BCUT2D eigenvalue weighted by Gasteiger charge is 2.30. The van der Waals surface area contributed by atoms with Crippen LogP contribution in [0.2, 0.25) is 0 Å². The molecule has 1 saturated heterocycles. The average molecular weight is 478 g/mol. The van der Waals surface area contributed by atoms with Gasteiger partial charge in [0.25, 0.3) is 0 Å². The second-order valence-corrected chi connectivity index (χ2v) is 8.70. The number of aromatic amines is 1. The molecule has 0 saturated carbocycles. The summed E-state index contributed by atoms with van der Waals surface area (Å²) in [6, 6.07) is 7.70. The summed E-state index contributed by atoms with van der Waals surface area (Å²) in [5.41, 5.74) is 2.24. The number of imidazole rings is 1. The number of H-pyrrole nitrogens is 1. The van der Waals surface area contributed by atoms with Crippen LogP contribution in [-0.2, 0) is 6.42 Å². The Labute approximate surface area is 199 Å². The molecule has 4 heterocycles. The van der Waals surface area contributed by atoms with E-state index in [-0.39, 0.29) is 29.0 Å². The largest absolute Gasteiger partial charge is 0.501 e. The summed E-state index contributed by atoms with van der Waals surface area (Å²) >= 11 is 0. The zero-order chi connectivity index (χ0) is 24.9. The Kier molecular flexibility index (Phi) is 5.39. The Morgan fingerprint density at radius 1 is 1.17 bits per heavy atom. The molecule has 1 aliphatic rings. The predicted octanol–water partition coefficient (Wildman–Crippen LogP) is 2.46. The summed E-state index contributed by atoms with van der Waals surface area (Å²) in [6.07, 6.45) is 3.60. The van der Waals surface area contributed by atoms with Gasteiger partial charge >= 0.3 is 11.6 Å². The molecule has 1 aliphatic heterocycles. The summed E-state index contributed by atoms with van der Waals surface area (Å²) < 4.78 is 14.5. The van der Waals surface area contributed by atoms with E-state index in [1.54, 1.807) is 52.3 Å². The maximum Gasteiger partial charge on any atom is 0.324 e. The molecule has 0 atom stereocenters. The van der Waals surface area contributed by atoms with Crippen LogP contribution in [0.1, 0.15) is 11.3 Å². The lowest BCUT2D eigenvalue weighted by atomic mass is 10.1. The molecular weight excluding hydrogens is 453 g/mol. The molecule has 4 aromatic rings. The summed E-state index contributed by atoms with van der Waals surface area (Å²) in [4.78, 5) is 42.9. The van der Waals surface area contributed by atoms with Crippen molar-refractivity contribution in [2.75, 3.05) is 44.0 Å². The molecule has 5 rings (SSSR count). The van der Waals surface area contributed by atoms with Gasteiger partial charge < -0.3 is 19.9 Å². The fourth-order valence-electron chi connectivity index (χ4n) is 4.07. The molecule has 0 radical (unpaired) electrons. The van der Waals surface area contributed by atoms with Gasteiger partial charge in [0, 0.05) is 58.7 Å². The summed E-state index contributed by atoms with van der Waals surface area (Å²) in [5, 5.41) is 10.8. The maximum absolute atomic E-state index is 13.2. The minimum atomic E-state index is -0.675. The van der Waals surface area contributed by atoms with Crippen LogP contribution in [-0.4, -0.2) is 69.6 Å². The number of anilines is 2. The Morgan fingerprint density at radius 3 is 2.57 bits per heavy atom. The number of nitrogens with zero attached hydrogens (tertiary/aromatic N) is 6. The van der Waals surface area contributed by atoms with E-state index in [2.05, 4.69) is 15.0 Å². The van der Waals surface area contributed by atoms with E-state index in [1.165, 1.54) is 16.5 Å². The van der Waals surface area contributed by atoms with Crippen LogP contribution in [0.4, 0.5) is 20.6 Å². The van der Waals surface area contributed by atoms with Crippen LogP contribution in [0, 0.1) is 5.82 Å². The number of aromatic nitrogens is 4. The van der Waals surface area contributed by atoms with E-state index in [9.17, 15) is 19.1 Å². The lowest BCUT2D eigenvalue weighted by molar-refractivity contribution is 0.229. The van der Waals surface area contributed by atoms with Crippen molar-refractivity contribution in [1.82, 2.24) is 24.3 Å². The Balaban J connectivity index is 1.63. The number of fused-ring (bicyclic) bond motifs is 1. The van der Waals surface area contributed by atoms with Crippen LogP contribution < -0.4 is 15.4 Å². The Bertz CT molecular complexity index is 1490. The third-order valence-corrected chi connectivity index (χ3v) is 6.05. The summed E-state index contributed by atoms with van der Waals surface area (Å²) in [6.45, 7) is 0.980. The summed E-state index contributed by atoms with van der Waals surface area (Å²) in [7, 11) is 5.35. The second-order valence-electron chi connectivity index (χ2n) is 8.70. The number of hydrogen-bond acceptors (Lipinski definition) is 6. The smallest absolute Gasteiger partial charge is 0.324 e. The number of urea groups is 1. The van der Waals surface area contributed by atoms with Crippen LogP contribution >= 0.6 is 0 Å². The molecule has 0 spiro atoms. The van der Waals surface area contributed by atoms with Gasteiger partial charge in [-0.15, -0.1) is 0 Å². The average Bonchev–Trinajstić information content (AvgIpc) is 3.43. The highest BCUT2D eigenvalue weighted by molar-refractivity contribution is 5.98. The Hall–Kier alpha value is -4.41. The molecule has 0 aliphatic carbocycles. The lowest BCUT2D eigenvalue weighted by Gasteiger charge is -2.22. The van der Waals surface area contributed by atoms with E-state index < -0.39 is 11.3 Å². The highest BCUT2D eigenvalue weighted by atomic mass is 19.1. The van der Waals surface area contributed by atoms with Crippen LogP contribution in [0.25, 0.3) is 17.2 Å². The lowest BCUT2D eigenvalue weighted by Crippen LogP contribution is -2.31. The molecule has 2 N–H and O–H groups in total. The molecule has 180 valence electrons. The normalized spacial score (nSPS) is 13.8. The molecule has 35 heavy (non-hydrogen) atoms. The molecule has 11 heteroatoms. The molecular formula is C24H24FN7O3. The predicted molar refractivity (Wildman–Crippen MR) is 130 cm³/mol. The number of hydrogen-bond donors (Lipinski definition) is 2. The van der Waals surface area contributed by atoms with Gasteiger partial charge in [0.05, 0.1) is 11.4 Å². The number of likely N-dealkylation sites (N-methyl/N-ethyl adjacent to an activating group) is 1. The quantitative estimate of drug-likeness (QED) is 0.457. The van der Waals surface area contributed by atoms with E-state index in [0.29, 0.717) is 36.6 Å². The van der Waals surface area contributed by atoms with Crippen molar-refractivity contribution in [3.8, 4) is 17.3 Å². The molecule has 3 aromatic heterocycles. The molecule has 1 aromatic carbocycles. The van der Waals surface area contributed by atoms with E-state index >= 15 is 0 Å². The van der Waals surface area contributed by atoms with Crippen molar-refractivity contribution in [2.24, 2.45) is 0 Å². The zero-order valence-corrected chi connectivity index (χ0v) is 19.5. The number of carbonyl (C=O) groups excluding carboxylic acids is 1. The van der Waals surface area contributed by atoms with Gasteiger partial charge in [-0.05, 0) is 23.8 Å². The molecule has 2 amide bonds. The first kappa shape index (κ1) is 22.4. The second kappa shape index (κ2) is 8.42. The first-order chi connectivity index (χ1) is 16.7. The van der Waals surface area contributed by atoms with Crippen molar-refractivity contribution < 1.29 is 14.3 Å². The number of benzene rings is 1. The number of aromatic hydroxyl groups is 1. The van der Waals surface area contributed by atoms with Gasteiger partial charge in [-0.3, -0.25) is 14.1 Å². The van der Waals surface area contributed by atoms with E-state index in [4.69, 9.17) is 0 Å². The van der Waals surface area contributed by atoms with E-state index in [0.717, 1.165) is 5.56 Å². The van der Waals surface area contributed by atoms with Gasteiger partial charge in [0.15, 0.2) is 17.2 Å². The monoisotopic (exact) mass is 477 g/mol. The first-order valence-corrected chi connectivity index (χ1v) is 11.0. The standard InChI is InChI=1S/C24H24FN7O3/c1-29(2)17-11-18(31-9-8-30(3)24(31)35)22-28-19(20(33)23(34)32(22)13-17)21-26-12-16(27-21)10-14-4-6-15(25)7-5-14/h4-7,11-13,33H,8-10H2,1-3H3,(H,26,27). The van der Waals surface area contributed by atoms with Crippen LogP contribution in [0.5, 0.6) is 5.75 Å².